The Bertz CT molecular complexity index is 484. The van der Waals surface area contributed by atoms with E-state index in [1.54, 1.807) is 4.90 Å². The van der Waals surface area contributed by atoms with Gasteiger partial charge in [0.05, 0.1) is 18.2 Å². The van der Waals surface area contributed by atoms with Crippen LogP contribution in [0.3, 0.4) is 0 Å². The van der Waals surface area contributed by atoms with Crippen molar-refractivity contribution >= 4 is 40.9 Å². The number of fused-ring (bicyclic) bond motifs is 1. The van der Waals surface area contributed by atoms with Crippen LogP contribution in [0.25, 0.3) is 0 Å². The van der Waals surface area contributed by atoms with Crippen molar-refractivity contribution in [2.24, 2.45) is 0 Å². The predicted molar refractivity (Wildman–Crippen MR) is 87.0 cm³/mol. The Morgan fingerprint density at radius 2 is 2.05 bits per heavy atom. The van der Waals surface area contributed by atoms with E-state index in [0.717, 1.165) is 12.0 Å². The summed E-state index contributed by atoms with van der Waals surface area (Å²) < 4.78 is 11.2. The average Bonchev–Trinajstić information content (AvgIpc) is 2.61. The summed E-state index contributed by atoms with van der Waals surface area (Å²) in [6, 6.07) is 3.83. The molecule has 0 atom stereocenters. The van der Waals surface area contributed by atoms with Gasteiger partial charge in [0.1, 0.15) is 0 Å². The van der Waals surface area contributed by atoms with Gasteiger partial charge in [-0.2, -0.15) is 0 Å². The lowest BCUT2D eigenvalue weighted by atomic mass is 10.2. The molecule has 0 radical (unpaired) electrons. The number of nitrogens with zero attached hydrogens (tertiary/aromatic N) is 1. The molecule has 7 heteroatoms. The Hall–Kier alpha value is -0.780. The van der Waals surface area contributed by atoms with Crippen LogP contribution < -0.4 is 9.47 Å². The van der Waals surface area contributed by atoms with Gasteiger partial charge in [-0.3, -0.25) is 5.41 Å². The minimum absolute atomic E-state index is 0. The lowest BCUT2D eigenvalue weighted by Crippen LogP contribution is -2.17. The molecule has 2 rings (SSSR count). The zero-order valence-electron chi connectivity index (χ0n) is 11.4. The van der Waals surface area contributed by atoms with Crippen molar-refractivity contribution in [3.8, 4) is 11.5 Å². The molecule has 0 aliphatic carbocycles. The van der Waals surface area contributed by atoms with Gasteiger partial charge in [0.15, 0.2) is 16.7 Å². The highest BCUT2D eigenvalue weighted by atomic mass is 35.5. The van der Waals surface area contributed by atoms with Crippen LogP contribution in [0.2, 0.25) is 5.02 Å². The minimum atomic E-state index is 0. The van der Waals surface area contributed by atoms with Gasteiger partial charge in [-0.05, 0) is 17.7 Å². The van der Waals surface area contributed by atoms with Crippen molar-refractivity contribution in [1.82, 2.24) is 4.90 Å². The third-order valence-corrected chi connectivity index (χ3v) is 4.04. The van der Waals surface area contributed by atoms with Gasteiger partial charge in [-0.25, -0.2) is 0 Å². The summed E-state index contributed by atoms with van der Waals surface area (Å²) in [5, 5.41) is 8.86. The highest BCUT2D eigenvalue weighted by Crippen LogP contribution is 2.38. The number of nitrogens with one attached hydrogen (secondary N) is 1. The molecule has 0 aromatic heterocycles. The summed E-state index contributed by atoms with van der Waals surface area (Å²) >= 11 is 7.68. The molecule has 4 nitrogen and oxygen atoms in total. The number of halogens is 2. The molecule has 0 fully saturated rings. The number of amidine groups is 1. The molecule has 0 unspecified atom stereocenters. The first-order valence-corrected chi connectivity index (χ1v) is 7.41. The normalized spacial score (nSPS) is 13.2. The van der Waals surface area contributed by atoms with E-state index in [4.69, 9.17) is 26.5 Å². The predicted octanol–water partition coefficient (Wildman–Crippen LogP) is 3.65. The fraction of sp³-hybridized carbons (Fsp3) is 0.462. The molecule has 0 amide bonds. The summed E-state index contributed by atoms with van der Waals surface area (Å²) in [6.45, 7) is 1.28. The SMILES string of the molecule is CN(C)C(=N)SCc1cc(Cl)c2c(c1)OCCCO2.Cl. The summed E-state index contributed by atoms with van der Waals surface area (Å²) in [5.74, 6) is 2.03. The standard InChI is InChI=1S/C13H17ClN2O2S.ClH/c1-16(2)13(15)19-8-9-6-10(14)12-11(7-9)17-4-3-5-18-12;/h6-7,15H,3-5,8H2,1-2H3;1H. The smallest absolute Gasteiger partial charge is 0.179 e. The molecule has 1 aromatic carbocycles. The van der Waals surface area contributed by atoms with Gasteiger partial charge in [0.2, 0.25) is 0 Å². The number of benzene rings is 1. The molecule has 1 N–H and O–H groups in total. The fourth-order valence-corrected chi connectivity index (χ4v) is 2.66. The first kappa shape index (κ1) is 17.3. The lowest BCUT2D eigenvalue weighted by molar-refractivity contribution is 0.297. The number of hydrogen-bond donors (Lipinski definition) is 1. The summed E-state index contributed by atoms with van der Waals surface area (Å²) in [5.41, 5.74) is 1.03. The molecule has 1 aliphatic heterocycles. The quantitative estimate of drug-likeness (QED) is 0.661. The Morgan fingerprint density at radius 1 is 1.35 bits per heavy atom. The van der Waals surface area contributed by atoms with Crippen molar-refractivity contribution < 1.29 is 9.47 Å². The van der Waals surface area contributed by atoms with E-state index in [1.165, 1.54) is 11.8 Å². The molecular formula is C13H18Cl2N2O2S. The second kappa shape index (κ2) is 7.86. The van der Waals surface area contributed by atoms with Crippen molar-refractivity contribution in [2.75, 3.05) is 27.3 Å². The maximum Gasteiger partial charge on any atom is 0.179 e. The van der Waals surface area contributed by atoms with E-state index < -0.39 is 0 Å². The van der Waals surface area contributed by atoms with Crippen molar-refractivity contribution in [3.05, 3.63) is 22.7 Å². The molecule has 20 heavy (non-hydrogen) atoms. The minimum Gasteiger partial charge on any atom is -0.489 e. The highest BCUT2D eigenvalue weighted by Gasteiger charge is 2.15. The topological polar surface area (TPSA) is 45.6 Å². The third kappa shape index (κ3) is 4.36. The Morgan fingerprint density at radius 3 is 2.75 bits per heavy atom. The summed E-state index contributed by atoms with van der Waals surface area (Å²) in [6.07, 6.45) is 0.861. The number of thioether (sulfide) groups is 1. The van der Waals surface area contributed by atoms with Crippen LogP contribution >= 0.6 is 35.8 Å². The maximum absolute atomic E-state index is 7.77. The van der Waals surface area contributed by atoms with E-state index in [1.807, 2.05) is 26.2 Å². The summed E-state index contributed by atoms with van der Waals surface area (Å²) in [4.78, 5) is 1.77. The monoisotopic (exact) mass is 336 g/mol. The van der Waals surface area contributed by atoms with Crippen molar-refractivity contribution in [2.45, 2.75) is 12.2 Å². The number of rotatable bonds is 2. The Balaban J connectivity index is 0.00000200. The Labute approximate surface area is 134 Å². The second-order valence-electron chi connectivity index (χ2n) is 4.44. The summed E-state index contributed by atoms with van der Waals surface area (Å²) in [7, 11) is 3.71. The van der Waals surface area contributed by atoms with E-state index in [2.05, 4.69) is 0 Å². The molecule has 0 saturated heterocycles. The zero-order chi connectivity index (χ0) is 13.8. The number of ether oxygens (including phenoxy) is 2. The maximum atomic E-state index is 7.77. The van der Waals surface area contributed by atoms with Crippen LogP contribution in [0, 0.1) is 5.41 Å². The van der Waals surface area contributed by atoms with Crippen LogP contribution in [-0.4, -0.2) is 37.4 Å². The van der Waals surface area contributed by atoms with Crippen LogP contribution in [0.15, 0.2) is 12.1 Å². The molecule has 0 saturated carbocycles. The van der Waals surface area contributed by atoms with Gasteiger partial charge in [-0.15, -0.1) is 12.4 Å². The molecule has 0 spiro atoms. The largest absolute Gasteiger partial charge is 0.489 e. The van der Waals surface area contributed by atoms with Crippen molar-refractivity contribution in [3.63, 3.8) is 0 Å². The van der Waals surface area contributed by atoms with Gasteiger partial charge in [0.25, 0.3) is 0 Å². The van der Waals surface area contributed by atoms with Gasteiger partial charge >= 0.3 is 0 Å². The molecule has 1 aromatic rings. The Kier molecular flexibility index (Phi) is 6.79. The van der Waals surface area contributed by atoms with E-state index in [9.17, 15) is 0 Å². The zero-order valence-corrected chi connectivity index (χ0v) is 13.8. The fourth-order valence-electron chi connectivity index (χ4n) is 1.65. The van der Waals surface area contributed by atoms with Crippen molar-refractivity contribution in [1.29, 1.82) is 5.41 Å². The molecule has 1 heterocycles. The van der Waals surface area contributed by atoms with Crippen LogP contribution in [0.5, 0.6) is 11.5 Å². The van der Waals surface area contributed by atoms with E-state index >= 15 is 0 Å². The van der Waals surface area contributed by atoms with Gasteiger partial charge in [0, 0.05) is 26.3 Å². The first-order valence-electron chi connectivity index (χ1n) is 6.04. The molecular weight excluding hydrogens is 319 g/mol. The number of hydrogen-bond acceptors (Lipinski definition) is 4. The van der Waals surface area contributed by atoms with Crippen LogP contribution in [0.1, 0.15) is 12.0 Å². The first-order chi connectivity index (χ1) is 9.08. The average molecular weight is 337 g/mol. The molecule has 1 aliphatic rings. The highest BCUT2D eigenvalue weighted by molar-refractivity contribution is 8.13. The van der Waals surface area contributed by atoms with Crippen LogP contribution in [0.4, 0.5) is 0 Å². The second-order valence-corrected chi connectivity index (χ2v) is 5.81. The van der Waals surface area contributed by atoms with E-state index in [0.29, 0.717) is 40.7 Å². The van der Waals surface area contributed by atoms with Gasteiger partial charge < -0.3 is 14.4 Å². The van der Waals surface area contributed by atoms with Crippen LogP contribution in [-0.2, 0) is 5.75 Å². The molecule has 112 valence electrons. The molecule has 0 bridgehead atoms. The lowest BCUT2D eigenvalue weighted by Gasteiger charge is -2.14. The third-order valence-electron chi connectivity index (χ3n) is 2.64. The van der Waals surface area contributed by atoms with E-state index in [-0.39, 0.29) is 12.4 Å². The van der Waals surface area contributed by atoms with Gasteiger partial charge in [-0.1, -0.05) is 23.4 Å².